The lowest BCUT2D eigenvalue weighted by atomic mass is 10.1. The molecule has 2 nitrogen and oxygen atoms in total. The van der Waals surface area contributed by atoms with Crippen molar-refractivity contribution in [2.24, 2.45) is 0 Å². The highest BCUT2D eigenvalue weighted by atomic mass is 79.9. The van der Waals surface area contributed by atoms with Crippen molar-refractivity contribution in [1.29, 1.82) is 0 Å². The minimum atomic E-state index is 0.294. The Hall–Kier alpha value is 0.0300. The molecule has 0 fully saturated rings. The number of halogens is 3. The fourth-order valence-electron chi connectivity index (χ4n) is 1.37. The molecule has 2 aromatic heterocycles. The Kier molecular flexibility index (Phi) is 4.23. The lowest BCUT2D eigenvalue weighted by molar-refractivity contribution is 0.809. The van der Waals surface area contributed by atoms with Crippen LogP contribution in [0, 0.1) is 0 Å². The van der Waals surface area contributed by atoms with Crippen LogP contribution in [-0.4, -0.2) is 9.97 Å². The number of nitrogens with zero attached hydrogens (tertiary/aromatic N) is 2. The predicted molar refractivity (Wildman–Crippen MR) is 79.8 cm³/mol. The number of hydrogen-bond donors (Lipinski definition) is 0. The van der Waals surface area contributed by atoms with E-state index < -0.39 is 0 Å². The number of aromatic nitrogens is 2. The third kappa shape index (κ3) is 2.72. The van der Waals surface area contributed by atoms with Gasteiger partial charge in [-0.1, -0.05) is 25.4 Å². The lowest BCUT2D eigenvalue weighted by Crippen LogP contribution is -1.99. The summed E-state index contributed by atoms with van der Waals surface area (Å²) in [5.41, 5.74) is 0.931. The lowest BCUT2D eigenvalue weighted by Gasteiger charge is -2.10. The Balaban J connectivity index is 2.61. The molecule has 17 heavy (non-hydrogen) atoms. The molecule has 90 valence electrons. The first kappa shape index (κ1) is 13.5. The molecular formula is C11H9Br2ClN2S. The Labute approximate surface area is 126 Å². The van der Waals surface area contributed by atoms with Crippen LogP contribution in [0.25, 0.3) is 10.7 Å². The highest BCUT2D eigenvalue weighted by Gasteiger charge is 2.16. The molecule has 0 saturated carbocycles. The third-order valence-electron chi connectivity index (χ3n) is 2.20. The van der Waals surface area contributed by atoms with Crippen LogP contribution >= 0.6 is 54.8 Å². The van der Waals surface area contributed by atoms with Crippen molar-refractivity contribution >= 4 is 54.8 Å². The molecular weight excluding hydrogens is 387 g/mol. The first-order valence-electron chi connectivity index (χ1n) is 4.97. The van der Waals surface area contributed by atoms with Gasteiger partial charge in [-0.3, -0.25) is 0 Å². The summed E-state index contributed by atoms with van der Waals surface area (Å²) in [6.45, 7) is 4.16. The van der Waals surface area contributed by atoms with Gasteiger partial charge >= 0.3 is 0 Å². The summed E-state index contributed by atoms with van der Waals surface area (Å²) < 4.78 is 1.78. The molecule has 0 unspecified atom stereocenters. The van der Waals surface area contributed by atoms with Gasteiger partial charge in [0.25, 0.3) is 0 Å². The SMILES string of the molecule is CC(C)c1nc(-c2sccc2Br)nc(Cl)c1Br. The standard InChI is InChI=1S/C11H9Br2ClN2S/c1-5(2)8-7(13)10(14)16-11(15-8)9-6(12)3-4-17-9/h3-5H,1-2H3. The van der Waals surface area contributed by atoms with Crippen LogP contribution in [0.4, 0.5) is 0 Å². The first-order valence-corrected chi connectivity index (χ1v) is 7.81. The molecule has 0 aromatic carbocycles. The molecule has 2 rings (SSSR count). The van der Waals surface area contributed by atoms with Gasteiger partial charge in [0.15, 0.2) is 5.82 Å². The average Bonchev–Trinajstić information content (AvgIpc) is 2.68. The molecule has 0 N–H and O–H groups in total. The van der Waals surface area contributed by atoms with Gasteiger partial charge in [0.05, 0.1) is 15.0 Å². The zero-order valence-electron chi connectivity index (χ0n) is 9.17. The van der Waals surface area contributed by atoms with Gasteiger partial charge in [-0.25, -0.2) is 9.97 Å². The van der Waals surface area contributed by atoms with Crippen molar-refractivity contribution in [2.75, 3.05) is 0 Å². The van der Waals surface area contributed by atoms with Crippen LogP contribution in [0.2, 0.25) is 5.15 Å². The van der Waals surface area contributed by atoms with Crippen LogP contribution in [0.3, 0.4) is 0 Å². The van der Waals surface area contributed by atoms with Crippen LogP contribution in [-0.2, 0) is 0 Å². The fraction of sp³-hybridized carbons (Fsp3) is 0.273. The number of hydrogen-bond acceptors (Lipinski definition) is 3. The van der Waals surface area contributed by atoms with Crippen molar-refractivity contribution in [3.8, 4) is 10.7 Å². The topological polar surface area (TPSA) is 25.8 Å². The van der Waals surface area contributed by atoms with E-state index in [2.05, 4.69) is 55.7 Å². The van der Waals surface area contributed by atoms with E-state index in [1.807, 2.05) is 11.4 Å². The maximum atomic E-state index is 6.12. The van der Waals surface area contributed by atoms with Gasteiger partial charge in [-0.05, 0) is 49.2 Å². The van der Waals surface area contributed by atoms with Crippen LogP contribution in [0.15, 0.2) is 20.4 Å². The fourth-order valence-corrected chi connectivity index (χ4v) is 3.67. The molecule has 0 radical (unpaired) electrons. The Morgan fingerprint density at radius 3 is 2.53 bits per heavy atom. The van der Waals surface area contributed by atoms with Gasteiger partial charge in [0.2, 0.25) is 0 Å². The second kappa shape index (κ2) is 5.34. The van der Waals surface area contributed by atoms with Crippen molar-refractivity contribution in [3.05, 3.63) is 31.2 Å². The van der Waals surface area contributed by atoms with E-state index in [0.717, 1.165) is 19.5 Å². The summed E-state index contributed by atoms with van der Waals surface area (Å²) in [4.78, 5) is 9.88. The Morgan fingerprint density at radius 1 is 1.29 bits per heavy atom. The minimum Gasteiger partial charge on any atom is -0.231 e. The summed E-state index contributed by atoms with van der Waals surface area (Å²) >= 11 is 14.6. The normalized spacial score (nSPS) is 11.2. The van der Waals surface area contributed by atoms with Gasteiger partial charge in [0.1, 0.15) is 5.15 Å². The van der Waals surface area contributed by atoms with E-state index in [1.165, 1.54) is 0 Å². The zero-order chi connectivity index (χ0) is 12.6. The molecule has 6 heteroatoms. The first-order chi connectivity index (χ1) is 8.00. The van der Waals surface area contributed by atoms with Gasteiger partial charge in [0, 0.05) is 4.47 Å². The molecule has 2 heterocycles. The van der Waals surface area contributed by atoms with Crippen LogP contribution < -0.4 is 0 Å². The van der Waals surface area contributed by atoms with Crippen molar-refractivity contribution in [2.45, 2.75) is 19.8 Å². The highest BCUT2D eigenvalue weighted by molar-refractivity contribution is 9.11. The summed E-state index contributed by atoms with van der Waals surface area (Å²) in [5.74, 6) is 0.964. The minimum absolute atomic E-state index is 0.294. The second-order valence-corrected chi connectivity index (χ2v) is 6.71. The van der Waals surface area contributed by atoms with Gasteiger partial charge in [-0.2, -0.15) is 0 Å². The summed E-state index contributed by atoms with van der Waals surface area (Å²) in [6.07, 6.45) is 0. The Bertz CT molecular complexity index is 554. The Morgan fingerprint density at radius 2 is 2.00 bits per heavy atom. The van der Waals surface area contributed by atoms with E-state index in [-0.39, 0.29) is 0 Å². The molecule has 0 aliphatic carbocycles. The van der Waals surface area contributed by atoms with Crippen molar-refractivity contribution in [1.82, 2.24) is 9.97 Å². The van der Waals surface area contributed by atoms with Crippen LogP contribution in [0.5, 0.6) is 0 Å². The largest absolute Gasteiger partial charge is 0.231 e. The number of rotatable bonds is 2. The molecule has 0 aliphatic rings. The van der Waals surface area contributed by atoms with E-state index >= 15 is 0 Å². The molecule has 0 aliphatic heterocycles. The van der Waals surface area contributed by atoms with Crippen molar-refractivity contribution in [3.63, 3.8) is 0 Å². The van der Waals surface area contributed by atoms with E-state index in [1.54, 1.807) is 11.3 Å². The van der Waals surface area contributed by atoms with E-state index in [0.29, 0.717) is 16.9 Å². The molecule has 0 bridgehead atoms. The summed E-state index contributed by atoms with van der Waals surface area (Å²) in [5, 5.41) is 2.45. The zero-order valence-corrected chi connectivity index (χ0v) is 13.9. The third-order valence-corrected chi connectivity index (χ3v) is 5.32. The quantitative estimate of drug-likeness (QED) is 0.626. The van der Waals surface area contributed by atoms with Crippen molar-refractivity contribution < 1.29 is 0 Å². The van der Waals surface area contributed by atoms with E-state index in [4.69, 9.17) is 11.6 Å². The highest BCUT2D eigenvalue weighted by Crippen LogP contribution is 2.35. The average molecular weight is 397 g/mol. The molecule has 0 amide bonds. The monoisotopic (exact) mass is 394 g/mol. The predicted octanol–water partition coefficient (Wildman–Crippen LogP) is 5.51. The van der Waals surface area contributed by atoms with E-state index in [9.17, 15) is 0 Å². The molecule has 2 aromatic rings. The summed E-state index contributed by atoms with van der Waals surface area (Å²) in [6, 6.07) is 1.98. The van der Waals surface area contributed by atoms with Gasteiger partial charge in [-0.15, -0.1) is 11.3 Å². The second-order valence-electron chi connectivity index (χ2n) is 3.79. The van der Waals surface area contributed by atoms with Crippen LogP contribution in [0.1, 0.15) is 25.5 Å². The van der Waals surface area contributed by atoms with Gasteiger partial charge < -0.3 is 0 Å². The molecule has 0 spiro atoms. The maximum Gasteiger partial charge on any atom is 0.172 e. The number of thiophene rings is 1. The summed E-state index contributed by atoms with van der Waals surface area (Å²) in [7, 11) is 0. The molecule has 0 saturated heterocycles. The maximum absolute atomic E-state index is 6.12. The smallest absolute Gasteiger partial charge is 0.172 e. The molecule has 0 atom stereocenters.